The highest BCUT2D eigenvalue weighted by atomic mass is 32.2. The SMILES string of the molecule is CC(C)CNCC(=O)N1CCc2cc(S(=O)(=O)n3cc(-c4ccccc4)[nH]c3=O)ccc21. The van der Waals surface area contributed by atoms with Gasteiger partial charge in [-0.2, -0.15) is 3.97 Å². The monoisotopic (exact) mass is 454 g/mol. The molecule has 2 aromatic carbocycles. The standard InChI is InChI=1S/C23H26N4O4S/c1-16(2)13-24-14-22(28)26-11-10-18-12-19(8-9-21(18)26)32(30,31)27-15-20(25-23(27)29)17-6-4-3-5-7-17/h3-9,12,15-16,24H,10-11,13-14H2,1-2H3,(H,25,29). The third-order valence-electron chi connectivity index (χ3n) is 5.41. The van der Waals surface area contributed by atoms with Gasteiger partial charge in [0.25, 0.3) is 10.0 Å². The summed E-state index contributed by atoms with van der Waals surface area (Å²) in [7, 11) is -4.08. The van der Waals surface area contributed by atoms with Crippen molar-refractivity contribution in [3.05, 3.63) is 70.8 Å². The molecule has 0 spiro atoms. The highest BCUT2D eigenvalue weighted by Gasteiger charge is 2.28. The fourth-order valence-electron chi connectivity index (χ4n) is 3.80. The third kappa shape index (κ3) is 4.26. The van der Waals surface area contributed by atoms with Gasteiger partial charge in [0.1, 0.15) is 0 Å². The number of amides is 1. The number of hydrogen-bond donors (Lipinski definition) is 2. The molecule has 4 rings (SSSR count). The van der Waals surface area contributed by atoms with Crippen LogP contribution >= 0.6 is 0 Å². The fourth-order valence-corrected chi connectivity index (χ4v) is 5.06. The van der Waals surface area contributed by atoms with Crippen molar-refractivity contribution in [2.24, 2.45) is 5.92 Å². The van der Waals surface area contributed by atoms with Crippen LogP contribution in [0.5, 0.6) is 0 Å². The van der Waals surface area contributed by atoms with E-state index in [9.17, 15) is 18.0 Å². The predicted molar refractivity (Wildman–Crippen MR) is 123 cm³/mol. The molecule has 32 heavy (non-hydrogen) atoms. The summed E-state index contributed by atoms with van der Waals surface area (Å²) in [5.74, 6) is 0.398. The van der Waals surface area contributed by atoms with Crippen LogP contribution in [0.2, 0.25) is 0 Å². The molecule has 168 valence electrons. The lowest BCUT2D eigenvalue weighted by molar-refractivity contribution is -0.117. The Bertz CT molecular complexity index is 1290. The molecule has 0 atom stereocenters. The summed E-state index contributed by atoms with van der Waals surface area (Å²) in [6.45, 7) is 5.63. The van der Waals surface area contributed by atoms with Crippen LogP contribution in [0.1, 0.15) is 19.4 Å². The van der Waals surface area contributed by atoms with Crippen LogP contribution in [0, 0.1) is 5.92 Å². The zero-order valence-corrected chi connectivity index (χ0v) is 18.9. The first-order valence-electron chi connectivity index (χ1n) is 10.5. The largest absolute Gasteiger partial charge is 0.340 e. The van der Waals surface area contributed by atoms with Gasteiger partial charge in [-0.1, -0.05) is 44.2 Å². The van der Waals surface area contributed by atoms with Crippen molar-refractivity contribution in [2.45, 2.75) is 25.2 Å². The Morgan fingerprint density at radius 2 is 1.91 bits per heavy atom. The van der Waals surface area contributed by atoms with Crippen molar-refractivity contribution in [3.63, 3.8) is 0 Å². The van der Waals surface area contributed by atoms with Crippen molar-refractivity contribution < 1.29 is 13.2 Å². The summed E-state index contributed by atoms with van der Waals surface area (Å²) in [4.78, 5) is 29.3. The summed E-state index contributed by atoms with van der Waals surface area (Å²) in [5.41, 5.74) is 1.90. The summed E-state index contributed by atoms with van der Waals surface area (Å²) in [5, 5.41) is 3.14. The second-order valence-electron chi connectivity index (χ2n) is 8.25. The third-order valence-corrected chi connectivity index (χ3v) is 7.04. The van der Waals surface area contributed by atoms with Gasteiger partial charge in [-0.05, 0) is 48.2 Å². The van der Waals surface area contributed by atoms with E-state index in [0.717, 1.165) is 16.1 Å². The Labute approximate surface area is 186 Å². The molecule has 0 saturated heterocycles. The van der Waals surface area contributed by atoms with E-state index in [2.05, 4.69) is 24.1 Å². The molecule has 3 aromatic rings. The number of aromatic nitrogens is 2. The van der Waals surface area contributed by atoms with Gasteiger partial charge < -0.3 is 15.2 Å². The second-order valence-corrected chi connectivity index (χ2v) is 10.1. The van der Waals surface area contributed by atoms with Gasteiger partial charge in [-0.3, -0.25) is 4.79 Å². The Kier molecular flexibility index (Phi) is 6.03. The van der Waals surface area contributed by atoms with E-state index in [4.69, 9.17) is 0 Å². The number of fused-ring (bicyclic) bond motifs is 1. The van der Waals surface area contributed by atoms with E-state index in [0.29, 0.717) is 35.8 Å². The zero-order chi connectivity index (χ0) is 22.9. The molecule has 0 radical (unpaired) electrons. The lowest BCUT2D eigenvalue weighted by Crippen LogP contribution is -2.38. The molecule has 0 fully saturated rings. The smallest absolute Gasteiger partial charge is 0.311 e. The number of anilines is 1. The Balaban J connectivity index is 1.59. The minimum atomic E-state index is -4.08. The Morgan fingerprint density at radius 1 is 1.16 bits per heavy atom. The van der Waals surface area contributed by atoms with Crippen molar-refractivity contribution in [1.82, 2.24) is 14.3 Å². The lowest BCUT2D eigenvalue weighted by atomic mass is 10.2. The lowest BCUT2D eigenvalue weighted by Gasteiger charge is -2.18. The van der Waals surface area contributed by atoms with Crippen LogP contribution in [-0.4, -0.2) is 42.9 Å². The minimum Gasteiger partial charge on any atom is -0.311 e. The van der Waals surface area contributed by atoms with Gasteiger partial charge in [0.15, 0.2) is 0 Å². The first kappa shape index (κ1) is 22.0. The number of imidazole rings is 1. The number of nitrogens with zero attached hydrogens (tertiary/aromatic N) is 2. The van der Waals surface area contributed by atoms with Gasteiger partial charge in [-0.25, -0.2) is 13.2 Å². The molecule has 1 aliphatic heterocycles. The van der Waals surface area contributed by atoms with E-state index in [1.54, 1.807) is 29.2 Å². The number of H-pyrrole nitrogens is 1. The van der Waals surface area contributed by atoms with Crippen molar-refractivity contribution in [3.8, 4) is 11.3 Å². The first-order chi connectivity index (χ1) is 15.3. The van der Waals surface area contributed by atoms with Crippen LogP contribution in [0.15, 0.2) is 64.4 Å². The number of nitrogens with one attached hydrogen (secondary N) is 2. The zero-order valence-electron chi connectivity index (χ0n) is 18.0. The van der Waals surface area contributed by atoms with Crippen molar-refractivity contribution in [2.75, 3.05) is 24.5 Å². The van der Waals surface area contributed by atoms with Crippen LogP contribution in [0.4, 0.5) is 5.69 Å². The molecule has 0 saturated carbocycles. The van der Waals surface area contributed by atoms with Gasteiger partial charge >= 0.3 is 5.69 Å². The maximum Gasteiger partial charge on any atom is 0.340 e. The molecule has 1 amide bonds. The minimum absolute atomic E-state index is 0.0178. The maximum atomic E-state index is 13.2. The Hall–Kier alpha value is -3.17. The van der Waals surface area contributed by atoms with E-state index in [1.165, 1.54) is 12.3 Å². The number of benzene rings is 2. The quantitative estimate of drug-likeness (QED) is 0.570. The molecule has 0 aliphatic carbocycles. The van der Waals surface area contributed by atoms with Crippen LogP contribution in [-0.2, 0) is 21.2 Å². The maximum absolute atomic E-state index is 13.2. The molecule has 9 heteroatoms. The molecule has 8 nitrogen and oxygen atoms in total. The molecule has 2 N–H and O–H groups in total. The normalized spacial score (nSPS) is 13.5. The summed E-state index contributed by atoms with van der Waals surface area (Å²) in [6.07, 6.45) is 1.86. The first-order valence-corrected chi connectivity index (χ1v) is 12.0. The molecule has 2 heterocycles. The molecular weight excluding hydrogens is 428 g/mol. The fraction of sp³-hybridized carbons (Fsp3) is 0.304. The molecular formula is C23H26N4O4S. The predicted octanol–water partition coefficient (Wildman–Crippen LogP) is 2.22. The second kappa shape index (κ2) is 8.76. The van der Waals surface area contributed by atoms with E-state index in [1.807, 2.05) is 18.2 Å². The molecule has 1 aliphatic rings. The average molecular weight is 455 g/mol. The molecule has 0 unspecified atom stereocenters. The number of hydrogen-bond acceptors (Lipinski definition) is 5. The number of carbonyl (C=O) groups excluding carboxylic acids is 1. The topological polar surface area (TPSA) is 104 Å². The van der Waals surface area contributed by atoms with Crippen LogP contribution in [0.25, 0.3) is 11.3 Å². The summed E-state index contributed by atoms with van der Waals surface area (Å²) < 4.78 is 27.1. The summed E-state index contributed by atoms with van der Waals surface area (Å²) in [6, 6.07) is 13.7. The highest BCUT2D eigenvalue weighted by molar-refractivity contribution is 7.90. The van der Waals surface area contributed by atoms with Crippen LogP contribution < -0.4 is 15.9 Å². The van der Waals surface area contributed by atoms with Gasteiger partial charge in [0, 0.05) is 12.2 Å². The van der Waals surface area contributed by atoms with E-state index < -0.39 is 15.7 Å². The van der Waals surface area contributed by atoms with E-state index >= 15 is 0 Å². The van der Waals surface area contributed by atoms with Gasteiger partial charge in [0.2, 0.25) is 5.91 Å². The van der Waals surface area contributed by atoms with Crippen molar-refractivity contribution >= 4 is 21.6 Å². The Morgan fingerprint density at radius 3 is 2.62 bits per heavy atom. The number of carbonyl (C=O) groups is 1. The summed E-state index contributed by atoms with van der Waals surface area (Å²) >= 11 is 0. The van der Waals surface area contributed by atoms with E-state index in [-0.39, 0.29) is 17.3 Å². The molecule has 0 bridgehead atoms. The van der Waals surface area contributed by atoms with Gasteiger partial charge in [-0.15, -0.1) is 0 Å². The number of aromatic amines is 1. The number of rotatable bonds is 7. The molecule has 1 aromatic heterocycles. The van der Waals surface area contributed by atoms with Gasteiger partial charge in [0.05, 0.1) is 23.3 Å². The average Bonchev–Trinajstić information content (AvgIpc) is 3.37. The van der Waals surface area contributed by atoms with Crippen molar-refractivity contribution in [1.29, 1.82) is 0 Å². The van der Waals surface area contributed by atoms with Crippen LogP contribution in [0.3, 0.4) is 0 Å². The highest BCUT2D eigenvalue weighted by Crippen LogP contribution is 2.31.